The van der Waals surface area contributed by atoms with E-state index in [1.807, 2.05) is 41.1 Å². The number of imidazole rings is 1. The molecule has 0 fully saturated rings. The average Bonchev–Trinajstić information content (AvgIpc) is 3.17. The van der Waals surface area contributed by atoms with Crippen LogP contribution >= 0.6 is 0 Å². The maximum atomic E-state index is 11.9. The SMILES string of the molecule is O=C(NCc1nccn1-c1ccccc1)c1ccc[nH]1. The van der Waals surface area contributed by atoms with Crippen LogP contribution in [0.25, 0.3) is 5.69 Å². The van der Waals surface area contributed by atoms with Crippen LogP contribution in [0.1, 0.15) is 16.3 Å². The molecule has 3 aromatic rings. The third-order valence-electron chi connectivity index (χ3n) is 3.00. The zero-order valence-corrected chi connectivity index (χ0v) is 10.8. The number of H-pyrrole nitrogens is 1. The maximum Gasteiger partial charge on any atom is 0.268 e. The van der Waals surface area contributed by atoms with E-state index in [1.165, 1.54) is 0 Å². The standard InChI is InChI=1S/C15H14N4O/c20-15(13-7-4-8-16-13)18-11-14-17-9-10-19(14)12-5-2-1-3-6-12/h1-10,16H,11H2,(H,18,20). The second-order valence-electron chi connectivity index (χ2n) is 4.32. The Kier molecular flexibility index (Phi) is 3.33. The summed E-state index contributed by atoms with van der Waals surface area (Å²) in [5.74, 6) is 0.647. The average molecular weight is 266 g/mol. The highest BCUT2D eigenvalue weighted by Crippen LogP contribution is 2.09. The Labute approximate surface area is 116 Å². The van der Waals surface area contributed by atoms with Crippen LogP contribution in [0.3, 0.4) is 0 Å². The smallest absolute Gasteiger partial charge is 0.268 e. The van der Waals surface area contributed by atoms with E-state index >= 15 is 0 Å². The van der Waals surface area contributed by atoms with Gasteiger partial charge in [-0.25, -0.2) is 4.98 Å². The molecule has 100 valence electrons. The van der Waals surface area contributed by atoms with Gasteiger partial charge in [0, 0.05) is 24.3 Å². The third-order valence-corrected chi connectivity index (χ3v) is 3.00. The second kappa shape index (κ2) is 5.44. The molecule has 0 radical (unpaired) electrons. The van der Waals surface area contributed by atoms with Gasteiger partial charge in [0.25, 0.3) is 5.91 Å². The highest BCUT2D eigenvalue weighted by atomic mass is 16.1. The van der Waals surface area contributed by atoms with Crippen LogP contribution in [0.2, 0.25) is 0 Å². The Morgan fingerprint density at radius 3 is 2.80 bits per heavy atom. The Morgan fingerprint density at radius 1 is 1.20 bits per heavy atom. The molecule has 20 heavy (non-hydrogen) atoms. The number of para-hydroxylation sites is 1. The molecule has 0 aliphatic rings. The molecular weight excluding hydrogens is 252 g/mol. The molecule has 1 amide bonds. The van der Waals surface area contributed by atoms with Crippen LogP contribution in [0.4, 0.5) is 0 Å². The van der Waals surface area contributed by atoms with E-state index < -0.39 is 0 Å². The van der Waals surface area contributed by atoms with Gasteiger partial charge < -0.3 is 14.9 Å². The van der Waals surface area contributed by atoms with Gasteiger partial charge in [0.2, 0.25) is 0 Å². The number of amides is 1. The van der Waals surface area contributed by atoms with Gasteiger partial charge in [-0.05, 0) is 24.3 Å². The molecule has 0 aliphatic heterocycles. The Balaban J connectivity index is 1.73. The molecule has 0 unspecified atom stereocenters. The monoisotopic (exact) mass is 266 g/mol. The minimum Gasteiger partial charge on any atom is -0.357 e. The summed E-state index contributed by atoms with van der Waals surface area (Å²) in [6, 6.07) is 13.4. The van der Waals surface area contributed by atoms with Crippen LogP contribution in [0.15, 0.2) is 61.1 Å². The van der Waals surface area contributed by atoms with E-state index in [0.717, 1.165) is 11.5 Å². The first-order chi connectivity index (χ1) is 9.84. The van der Waals surface area contributed by atoms with Gasteiger partial charge in [0.05, 0.1) is 6.54 Å². The molecular formula is C15H14N4O. The van der Waals surface area contributed by atoms with Crippen molar-refractivity contribution in [2.75, 3.05) is 0 Å². The topological polar surface area (TPSA) is 62.7 Å². The molecule has 2 aromatic heterocycles. The van der Waals surface area contributed by atoms with E-state index in [2.05, 4.69) is 15.3 Å². The summed E-state index contributed by atoms with van der Waals surface area (Å²) in [5.41, 5.74) is 1.57. The molecule has 2 N–H and O–H groups in total. The second-order valence-corrected chi connectivity index (χ2v) is 4.32. The van der Waals surface area contributed by atoms with Gasteiger partial charge in [-0.3, -0.25) is 4.79 Å². The van der Waals surface area contributed by atoms with Crippen molar-refractivity contribution in [3.63, 3.8) is 0 Å². The highest BCUT2D eigenvalue weighted by molar-refractivity contribution is 5.92. The lowest BCUT2D eigenvalue weighted by atomic mass is 10.3. The Bertz CT molecular complexity index is 686. The van der Waals surface area contributed by atoms with E-state index in [-0.39, 0.29) is 5.91 Å². The van der Waals surface area contributed by atoms with E-state index in [1.54, 1.807) is 24.5 Å². The number of benzene rings is 1. The van der Waals surface area contributed by atoms with Crippen LogP contribution in [-0.4, -0.2) is 20.4 Å². The van der Waals surface area contributed by atoms with Crippen molar-refractivity contribution in [2.24, 2.45) is 0 Å². The van der Waals surface area contributed by atoms with Crippen LogP contribution in [0.5, 0.6) is 0 Å². The first-order valence-electron chi connectivity index (χ1n) is 6.34. The van der Waals surface area contributed by atoms with Gasteiger partial charge in [-0.2, -0.15) is 0 Å². The van der Waals surface area contributed by atoms with Gasteiger partial charge in [-0.1, -0.05) is 18.2 Å². The zero-order valence-electron chi connectivity index (χ0n) is 10.8. The number of hydrogen-bond acceptors (Lipinski definition) is 2. The van der Waals surface area contributed by atoms with Crippen LogP contribution in [0, 0.1) is 0 Å². The summed E-state index contributed by atoms with van der Waals surface area (Å²) >= 11 is 0. The quantitative estimate of drug-likeness (QED) is 0.760. The molecule has 5 nitrogen and oxygen atoms in total. The maximum absolute atomic E-state index is 11.9. The van der Waals surface area contributed by atoms with Crippen LogP contribution < -0.4 is 5.32 Å². The summed E-state index contributed by atoms with van der Waals surface area (Å²) < 4.78 is 1.95. The zero-order chi connectivity index (χ0) is 13.8. The molecule has 0 spiro atoms. The predicted molar refractivity (Wildman–Crippen MR) is 75.5 cm³/mol. The summed E-state index contributed by atoms with van der Waals surface area (Å²) in [4.78, 5) is 19.0. The first kappa shape index (κ1) is 12.2. The molecule has 0 saturated carbocycles. The van der Waals surface area contributed by atoms with E-state index in [4.69, 9.17) is 0 Å². The summed E-state index contributed by atoms with van der Waals surface area (Å²) in [7, 11) is 0. The minimum absolute atomic E-state index is 0.141. The lowest BCUT2D eigenvalue weighted by Crippen LogP contribution is -2.24. The minimum atomic E-state index is -0.141. The van der Waals surface area contributed by atoms with Crippen molar-refractivity contribution in [2.45, 2.75) is 6.54 Å². The largest absolute Gasteiger partial charge is 0.357 e. The fourth-order valence-electron chi connectivity index (χ4n) is 2.01. The van der Waals surface area contributed by atoms with Crippen molar-refractivity contribution in [1.29, 1.82) is 0 Å². The number of aromatic nitrogens is 3. The van der Waals surface area contributed by atoms with Gasteiger partial charge in [-0.15, -0.1) is 0 Å². The summed E-state index contributed by atoms with van der Waals surface area (Å²) in [5, 5.41) is 2.84. The van der Waals surface area contributed by atoms with E-state index in [9.17, 15) is 4.79 Å². The number of nitrogens with one attached hydrogen (secondary N) is 2. The van der Waals surface area contributed by atoms with Crippen molar-refractivity contribution in [1.82, 2.24) is 19.9 Å². The molecule has 0 saturated heterocycles. The molecule has 3 rings (SSSR count). The molecule has 5 heteroatoms. The van der Waals surface area contributed by atoms with Gasteiger partial charge in [0.1, 0.15) is 11.5 Å². The highest BCUT2D eigenvalue weighted by Gasteiger charge is 2.08. The molecule has 0 bridgehead atoms. The van der Waals surface area contributed by atoms with Gasteiger partial charge >= 0.3 is 0 Å². The fourth-order valence-corrected chi connectivity index (χ4v) is 2.01. The Morgan fingerprint density at radius 2 is 2.05 bits per heavy atom. The summed E-state index contributed by atoms with van der Waals surface area (Å²) in [6.45, 7) is 0.375. The van der Waals surface area contributed by atoms with Crippen molar-refractivity contribution < 1.29 is 4.79 Å². The van der Waals surface area contributed by atoms with E-state index in [0.29, 0.717) is 12.2 Å². The first-order valence-corrected chi connectivity index (χ1v) is 6.34. The molecule has 2 heterocycles. The fraction of sp³-hybridized carbons (Fsp3) is 0.0667. The molecule has 1 aromatic carbocycles. The Hall–Kier alpha value is -2.82. The van der Waals surface area contributed by atoms with Gasteiger partial charge in [0.15, 0.2) is 0 Å². The van der Waals surface area contributed by atoms with Crippen molar-refractivity contribution in [3.05, 3.63) is 72.6 Å². The number of hydrogen-bond donors (Lipinski definition) is 2. The van der Waals surface area contributed by atoms with Crippen molar-refractivity contribution in [3.8, 4) is 5.69 Å². The predicted octanol–water partition coefficient (Wildman–Crippen LogP) is 2.13. The normalized spacial score (nSPS) is 10.4. The lowest BCUT2D eigenvalue weighted by molar-refractivity contribution is 0.0945. The summed E-state index contributed by atoms with van der Waals surface area (Å²) in [6.07, 6.45) is 5.33. The van der Waals surface area contributed by atoms with Crippen LogP contribution in [-0.2, 0) is 6.54 Å². The van der Waals surface area contributed by atoms with Crippen molar-refractivity contribution >= 4 is 5.91 Å². The number of aromatic amines is 1. The number of nitrogens with zero attached hydrogens (tertiary/aromatic N) is 2. The third kappa shape index (κ3) is 2.47. The number of rotatable bonds is 4. The molecule has 0 aliphatic carbocycles. The number of carbonyl (C=O) groups is 1. The molecule has 0 atom stereocenters. The lowest BCUT2D eigenvalue weighted by Gasteiger charge is -2.08. The number of carbonyl (C=O) groups excluding carboxylic acids is 1.